The summed E-state index contributed by atoms with van der Waals surface area (Å²) in [7, 11) is 0. The smallest absolute Gasteiger partial charge is 0.173 e. The van der Waals surface area contributed by atoms with E-state index in [-0.39, 0.29) is 6.42 Å². The minimum absolute atomic E-state index is 0.144. The second-order valence-electron chi connectivity index (χ2n) is 3.95. The molecule has 0 bridgehead atoms. The van der Waals surface area contributed by atoms with Crippen molar-refractivity contribution in [3.63, 3.8) is 0 Å². The van der Waals surface area contributed by atoms with Crippen molar-refractivity contribution in [3.05, 3.63) is 69.2 Å². The topological polar surface area (TPSA) is 17.1 Å². The maximum absolute atomic E-state index is 13.4. The predicted molar refractivity (Wildman–Crippen MR) is 70.9 cm³/mol. The van der Waals surface area contributed by atoms with Crippen molar-refractivity contribution >= 4 is 29.0 Å². The summed E-state index contributed by atoms with van der Waals surface area (Å²) in [4.78, 5) is 11.9. The highest BCUT2D eigenvalue weighted by molar-refractivity contribution is 6.42. The van der Waals surface area contributed by atoms with E-state index < -0.39 is 23.0 Å². The monoisotopic (exact) mass is 300 g/mol. The Bertz CT molecular complexity index is 621. The summed E-state index contributed by atoms with van der Waals surface area (Å²) in [5.41, 5.74) is 0.00984. The first-order valence-electron chi connectivity index (χ1n) is 5.40. The second-order valence-corrected chi connectivity index (χ2v) is 4.76. The van der Waals surface area contributed by atoms with E-state index in [4.69, 9.17) is 23.2 Å². The molecule has 2 aromatic carbocycles. The third-order valence-corrected chi connectivity index (χ3v) is 3.33. The Hall–Kier alpha value is -1.45. The zero-order valence-electron chi connectivity index (χ0n) is 9.59. The van der Waals surface area contributed by atoms with Crippen LogP contribution in [0.1, 0.15) is 15.9 Å². The lowest BCUT2D eigenvalue weighted by atomic mass is 10.0. The van der Waals surface area contributed by atoms with E-state index in [1.807, 2.05) is 0 Å². The highest BCUT2D eigenvalue weighted by Crippen LogP contribution is 2.24. The van der Waals surface area contributed by atoms with Gasteiger partial charge < -0.3 is 0 Å². The van der Waals surface area contributed by atoms with Gasteiger partial charge in [0.15, 0.2) is 5.78 Å². The van der Waals surface area contributed by atoms with Crippen molar-refractivity contribution < 1.29 is 13.6 Å². The van der Waals surface area contributed by atoms with Crippen LogP contribution in [0.15, 0.2) is 36.4 Å². The van der Waals surface area contributed by atoms with Crippen molar-refractivity contribution in [1.82, 2.24) is 0 Å². The van der Waals surface area contributed by atoms with Crippen LogP contribution in [0.3, 0.4) is 0 Å². The van der Waals surface area contributed by atoms with Crippen molar-refractivity contribution in [3.8, 4) is 0 Å². The third kappa shape index (κ3) is 3.11. The Morgan fingerprint density at radius 3 is 2.21 bits per heavy atom. The number of carbonyl (C=O) groups is 1. The van der Waals surface area contributed by atoms with Crippen LogP contribution in [0.5, 0.6) is 0 Å². The van der Waals surface area contributed by atoms with Gasteiger partial charge in [0.25, 0.3) is 0 Å². The fraction of sp³-hybridized carbons (Fsp3) is 0.0714. The molecule has 0 radical (unpaired) electrons. The van der Waals surface area contributed by atoms with Crippen LogP contribution < -0.4 is 0 Å². The average Bonchev–Trinajstić information content (AvgIpc) is 2.33. The summed E-state index contributed by atoms with van der Waals surface area (Å²) >= 11 is 11.6. The van der Waals surface area contributed by atoms with Gasteiger partial charge in [-0.2, -0.15) is 0 Å². The minimum Gasteiger partial charge on any atom is -0.294 e. The molecule has 5 heteroatoms. The molecule has 0 spiro atoms. The van der Waals surface area contributed by atoms with E-state index in [9.17, 15) is 13.6 Å². The summed E-state index contributed by atoms with van der Waals surface area (Å²) < 4.78 is 26.9. The highest BCUT2D eigenvalue weighted by atomic mass is 35.5. The number of carbonyl (C=O) groups excluding carboxylic acids is 1. The normalized spacial score (nSPS) is 10.5. The molecule has 0 aromatic heterocycles. The molecule has 0 aliphatic carbocycles. The van der Waals surface area contributed by atoms with Gasteiger partial charge in [-0.25, -0.2) is 8.78 Å². The van der Waals surface area contributed by atoms with Crippen LogP contribution in [0, 0.1) is 11.6 Å². The third-order valence-electron chi connectivity index (χ3n) is 2.59. The molecular formula is C14H8Cl2F2O. The summed E-state index contributed by atoms with van der Waals surface area (Å²) in [5, 5.41) is 0.649. The molecule has 0 aliphatic heterocycles. The number of hydrogen-bond donors (Lipinski definition) is 0. The molecule has 0 saturated heterocycles. The summed E-state index contributed by atoms with van der Waals surface area (Å²) in [6.45, 7) is 0. The maximum Gasteiger partial charge on any atom is 0.173 e. The van der Waals surface area contributed by atoms with Crippen molar-refractivity contribution in [2.75, 3.05) is 0 Å². The van der Waals surface area contributed by atoms with Crippen LogP contribution in [-0.2, 0) is 6.42 Å². The number of Topliss-reactive ketones (excluding diaryl/α,β-unsaturated/α-hetero) is 1. The van der Waals surface area contributed by atoms with Crippen LogP contribution in [-0.4, -0.2) is 5.78 Å². The first kappa shape index (κ1) is 14.0. The van der Waals surface area contributed by atoms with E-state index in [1.165, 1.54) is 18.2 Å². The van der Waals surface area contributed by atoms with Gasteiger partial charge in [-0.05, 0) is 29.8 Å². The fourth-order valence-corrected chi connectivity index (χ4v) is 2.01. The van der Waals surface area contributed by atoms with Gasteiger partial charge in [-0.3, -0.25) is 4.79 Å². The molecule has 0 heterocycles. The molecule has 2 aromatic rings. The fourth-order valence-electron chi connectivity index (χ4n) is 1.69. The lowest BCUT2D eigenvalue weighted by molar-refractivity contribution is 0.0985. The standard InChI is InChI=1S/C14H8Cl2F2O/c15-9-5-4-8(6-10(9)16)7-13(19)14-11(17)2-1-3-12(14)18/h1-6H,7H2. The van der Waals surface area contributed by atoms with Gasteiger partial charge in [0.2, 0.25) is 0 Å². The first-order valence-corrected chi connectivity index (χ1v) is 6.16. The average molecular weight is 301 g/mol. The predicted octanol–water partition coefficient (Wildman–Crippen LogP) is 4.70. The van der Waals surface area contributed by atoms with E-state index >= 15 is 0 Å². The molecule has 0 saturated carbocycles. The molecule has 2 rings (SSSR count). The van der Waals surface area contributed by atoms with Crippen LogP contribution in [0.2, 0.25) is 10.0 Å². The molecule has 19 heavy (non-hydrogen) atoms. The largest absolute Gasteiger partial charge is 0.294 e. The molecule has 0 fully saturated rings. The Morgan fingerprint density at radius 2 is 1.63 bits per heavy atom. The van der Waals surface area contributed by atoms with Crippen molar-refractivity contribution in [2.45, 2.75) is 6.42 Å². The van der Waals surface area contributed by atoms with Gasteiger partial charge in [0, 0.05) is 6.42 Å². The molecular weight excluding hydrogens is 293 g/mol. The SMILES string of the molecule is O=C(Cc1ccc(Cl)c(Cl)c1)c1c(F)cccc1F. The number of halogens is 4. The number of benzene rings is 2. The molecule has 98 valence electrons. The zero-order chi connectivity index (χ0) is 14.0. The molecule has 0 aliphatic rings. The minimum atomic E-state index is -0.870. The summed E-state index contributed by atoms with van der Waals surface area (Å²) in [6.07, 6.45) is -0.144. The lowest BCUT2D eigenvalue weighted by Gasteiger charge is -2.05. The lowest BCUT2D eigenvalue weighted by Crippen LogP contribution is -2.09. The Balaban J connectivity index is 2.28. The van der Waals surface area contributed by atoms with Gasteiger partial charge >= 0.3 is 0 Å². The molecule has 1 nitrogen and oxygen atoms in total. The highest BCUT2D eigenvalue weighted by Gasteiger charge is 2.17. The molecule has 0 atom stereocenters. The second kappa shape index (κ2) is 5.68. The van der Waals surface area contributed by atoms with Crippen LogP contribution >= 0.6 is 23.2 Å². The quantitative estimate of drug-likeness (QED) is 0.751. The van der Waals surface area contributed by atoms with E-state index in [0.717, 1.165) is 12.1 Å². The summed E-state index contributed by atoms with van der Waals surface area (Å²) in [6, 6.07) is 7.92. The number of hydrogen-bond acceptors (Lipinski definition) is 1. The number of ketones is 1. The maximum atomic E-state index is 13.4. The molecule has 0 unspecified atom stereocenters. The van der Waals surface area contributed by atoms with Gasteiger partial charge in [0.05, 0.1) is 15.6 Å². The molecule has 0 amide bonds. The van der Waals surface area contributed by atoms with Crippen molar-refractivity contribution in [1.29, 1.82) is 0 Å². The first-order chi connectivity index (χ1) is 8.99. The van der Waals surface area contributed by atoms with Gasteiger partial charge in [-0.15, -0.1) is 0 Å². The summed E-state index contributed by atoms with van der Waals surface area (Å²) in [5.74, 6) is -2.39. The van der Waals surface area contributed by atoms with E-state index in [0.29, 0.717) is 15.6 Å². The van der Waals surface area contributed by atoms with Gasteiger partial charge in [0.1, 0.15) is 11.6 Å². The zero-order valence-corrected chi connectivity index (χ0v) is 11.1. The number of rotatable bonds is 3. The van der Waals surface area contributed by atoms with E-state index in [1.54, 1.807) is 6.07 Å². The Labute approximate surface area is 118 Å². The molecule has 0 N–H and O–H groups in total. The van der Waals surface area contributed by atoms with E-state index in [2.05, 4.69) is 0 Å². The van der Waals surface area contributed by atoms with Crippen molar-refractivity contribution in [2.24, 2.45) is 0 Å². The van der Waals surface area contributed by atoms with Crippen LogP contribution in [0.4, 0.5) is 8.78 Å². The Kier molecular flexibility index (Phi) is 4.17. The van der Waals surface area contributed by atoms with Gasteiger partial charge in [-0.1, -0.05) is 35.3 Å². The Morgan fingerprint density at radius 1 is 1.00 bits per heavy atom. The van der Waals surface area contributed by atoms with Crippen LogP contribution in [0.25, 0.3) is 0 Å².